The molecule has 2 rings (SSSR count). The molecule has 0 spiro atoms. The number of hydrogen-bond donors (Lipinski definition) is 1. The second kappa shape index (κ2) is 8.22. The molecule has 8 heteroatoms. The molecule has 0 fully saturated rings. The summed E-state index contributed by atoms with van der Waals surface area (Å²) in [6.45, 7) is 4.48. The third-order valence-corrected chi connectivity index (χ3v) is 5.71. The van der Waals surface area contributed by atoms with Crippen molar-refractivity contribution in [1.82, 2.24) is 0 Å². The summed E-state index contributed by atoms with van der Waals surface area (Å²) in [7, 11) is -2.82. The summed E-state index contributed by atoms with van der Waals surface area (Å²) >= 11 is 0. The highest BCUT2D eigenvalue weighted by Crippen LogP contribution is 2.30. The Hall–Kier alpha value is -2.87. The number of anilines is 2. The first kappa shape index (κ1) is 20.4. The van der Waals surface area contributed by atoms with Crippen LogP contribution in [0.1, 0.15) is 18.1 Å². The van der Waals surface area contributed by atoms with Crippen molar-refractivity contribution in [3.8, 4) is 0 Å². The SMILES string of the molecule is COC(=O)CN(c1c(C)cccc1C)S(=O)(=O)c1ccc(NC(C)=O)cc1. The van der Waals surface area contributed by atoms with Gasteiger partial charge in [-0.1, -0.05) is 18.2 Å². The van der Waals surface area contributed by atoms with E-state index in [1.54, 1.807) is 26.0 Å². The van der Waals surface area contributed by atoms with Crippen molar-refractivity contribution in [2.75, 3.05) is 23.3 Å². The summed E-state index contributed by atoms with van der Waals surface area (Å²) in [5.41, 5.74) is 2.36. The van der Waals surface area contributed by atoms with Crippen LogP contribution >= 0.6 is 0 Å². The summed E-state index contributed by atoms with van der Waals surface area (Å²) in [5.74, 6) is -0.926. The Morgan fingerprint density at radius 2 is 1.59 bits per heavy atom. The van der Waals surface area contributed by atoms with Gasteiger partial charge in [-0.25, -0.2) is 8.42 Å². The normalized spacial score (nSPS) is 11.0. The quantitative estimate of drug-likeness (QED) is 0.766. The van der Waals surface area contributed by atoms with Crippen molar-refractivity contribution in [2.45, 2.75) is 25.7 Å². The van der Waals surface area contributed by atoms with E-state index in [0.29, 0.717) is 11.4 Å². The number of hydrogen-bond acceptors (Lipinski definition) is 5. The number of ether oxygens (including phenoxy) is 1. The van der Waals surface area contributed by atoms with Crippen LogP contribution in [-0.4, -0.2) is 33.9 Å². The predicted molar refractivity (Wildman–Crippen MR) is 103 cm³/mol. The fraction of sp³-hybridized carbons (Fsp3) is 0.263. The number of para-hydroxylation sites is 1. The number of benzene rings is 2. The van der Waals surface area contributed by atoms with Gasteiger partial charge in [-0.05, 0) is 49.2 Å². The van der Waals surface area contributed by atoms with Crippen LogP contribution in [0.3, 0.4) is 0 Å². The molecule has 0 saturated heterocycles. The van der Waals surface area contributed by atoms with E-state index in [9.17, 15) is 18.0 Å². The van der Waals surface area contributed by atoms with Gasteiger partial charge in [0.2, 0.25) is 5.91 Å². The van der Waals surface area contributed by atoms with Crippen molar-refractivity contribution < 1.29 is 22.7 Å². The van der Waals surface area contributed by atoms with Crippen LogP contribution in [0.2, 0.25) is 0 Å². The summed E-state index contributed by atoms with van der Waals surface area (Å²) < 4.78 is 32.2. The summed E-state index contributed by atoms with van der Waals surface area (Å²) in [5, 5.41) is 2.58. The van der Waals surface area contributed by atoms with Crippen LogP contribution in [0, 0.1) is 13.8 Å². The number of aryl methyl sites for hydroxylation is 2. The van der Waals surface area contributed by atoms with Crippen LogP contribution in [-0.2, 0) is 24.3 Å². The molecule has 2 aromatic rings. The van der Waals surface area contributed by atoms with E-state index in [1.807, 2.05) is 6.07 Å². The molecule has 144 valence electrons. The maximum Gasteiger partial charge on any atom is 0.326 e. The fourth-order valence-electron chi connectivity index (χ4n) is 2.71. The monoisotopic (exact) mass is 390 g/mol. The van der Waals surface area contributed by atoms with Crippen molar-refractivity contribution >= 4 is 33.3 Å². The lowest BCUT2D eigenvalue weighted by Gasteiger charge is -2.26. The van der Waals surface area contributed by atoms with E-state index in [4.69, 9.17) is 0 Å². The van der Waals surface area contributed by atoms with Gasteiger partial charge < -0.3 is 10.1 Å². The smallest absolute Gasteiger partial charge is 0.326 e. The highest BCUT2D eigenvalue weighted by Gasteiger charge is 2.29. The second-order valence-electron chi connectivity index (χ2n) is 6.03. The number of carbonyl (C=O) groups is 2. The van der Waals surface area contributed by atoms with Gasteiger partial charge in [0, 0.05) is 12.6 Å². The van der Waals surface area contributed by atoms with E-state index in [1.165, 1.54) is 38.3 Å². The van der Waals surface area contributed by atoms with Crippen molar-refractivity contribution in [1.29, 1.82) is 0 Å². The number of nitrogens with zero attached hydrogens (tertiary/aromatic N) is 1. The van der Waals surface area contributed by atoms with Crippen molar-refractivity contribution in [3.63, 3.8) is 0 Å². The van der Waals surface area contributed by atoms with Gasteiger partial charge in [-0.3, -0.25) is 13.9 Å². The summed E-state index contributed by atoms with van der Waals surface area (Å²) in [6.07, 6.45) is 0. The minimum atomic E-state index is -4.03. The molecule has 0 bridgehead atoms. The Bertz CT molecular complexity index is 932. The molecular weight excluding hydrogens is 368 g/mol. The topological polar surface area (TPSA) is 92.8 Å². The first-order chi connectivity index (χ1) is 12.7. The molecule has 0 aliphatic heterocycles. The molecule has 1 amide bonds. The van der Waals surface area contributed by atoms with E-state index < -0.39 is 22.5 Å². The number of esters is 1. The zero-order chi connectivity index (χ0) is 20.2. The first-order valence-electron chi connectivity index (χ1n) is 8.20. The number of nitrogens with one attached hydrogen (secondary N) is 1. The molecule has 2 aromatic carbocycles. The summed E-state index contributed by atoms with van der Waals surface area (Å²) in [4.78, 5) is 23.0. The highest BCUT2D eigenvalue weighted by molar-refractivity contribution is 7.92. The Morgan fingerprint density at radius 3 is 2.07 bits per heavy atom. The number of sulfonamides is 1. The molecule has 0 saturated carbocycles. The van der Waals surface area contributed by atoms with Gasteiger partial charge in [0.25, 0.3) is 10.0 Å². The lowest BCUT2D eigenvalue weighted by molar-refractivity contribution is -0.138. The zero-order valence-electron chi connectivity index (χ0n) is 15.6. The molecule has 27 heavy (non-hydrogen) atoms. The molecule has 0 aliphatic rings. The Labute approximate surface area is 159 Å². The molecule has 0 aliphatic carbocycles. The molecule has 0 atom stereocenters. The first-order valence-corrected chi connectivity index (χ1v) is 9.64. The van der Waals surface area contributed by atoms with Crippen LogP contribution in [0.15, 0.2) is 47.4 Å². The molecule has 0 unspecified atom stereocenters. The van der Waals surface area contributed by atoms with Crippen LogP contribution in [0.5, 0.6) is 0 Å². The van der Waals surface area contributed by atoms with Crippen molar-refractivity contribution in [3.05, 3.63) is 53.6 Å². The lowest BCUT2D eigenvalue weighted by atomic mass is 10.1. The van der Waals surface area contributed by atoms with E-state index in [-0.39, 0.29) is 10.8 Å². The Kier molecular flexibility index (Phi) is 6.22. The molecular formula is C19H22N2O5S. The molecule has 0 aromatic heterocycles. The number of amides is 1. The maximum absolute atomic E-state index is 13.3. The number of carbonyl (C=O) groups excluding carboxylic acids is 2. The van der Waals surface area contributed by atoms with Gasteiger partial charge in [-0.2, -0.15) is 0 Å². The van der Waals surface area contributed by atoms with E-state index in [0.717, 1.165) is 15.4 Å². The van der Waals surface area contributed by atoms with E-state index in [2.05, 4.69) is 10.1 Å². The van der Waals surface area contributed by atoms with Crippen molar-refractivity contribution in [2.24, 2.45) is 0 Å². The van der Waals surface area contributed by atoms with Gasteiger partial charge in [0.15, 0.2) is 0 Å². The molecule has 1 N–H and O–H groups in total. The number of rotatable bonds is 6. The van der Waals surface area contributed by atoms with Gasteiger partial charge in [0.05, 0.1) is 17.7 Å². The van der Waals surface area contributed by atoms with Gasteiger partial charge >= 0.3 is 5.97 Å². The Morgan fingerprint density at radius 1 is 1.04 bits per heavy atom. The minimum Gasteiger partial charge on any atom is -0.468 e. The molecule has 0 radical (unpaired) electrons. The zero-order valence-corrected chi connectivity index (χ0v) is 16.5. The predicted octanol–water partition coefficient (Wildman–Crippen LogP) is 2.63. The maximum atomic E-state index is 13.3. The Balaban J connectivity index is 2.53. The summed E-state index contributed by atoms with van der Waals surface area (Å²) in [6, 6.07) is 11.1. The van der Waals surface area contributed by atoms with Crippen LogP contribution in [0.4, 0.5) is 11.4 Å². The average molecular weight is 390 g/mol. The number of methoxy groups -OCH3 is 1. The van der Waals surface area contributed by atoms with Gasteiger partial charge in [-0.15, -0.1) is 0 Å². The second-order valence-corrected chi connectivity index (χ2v) is 7.90. The van der Waals surface area contributed by atoms with E-state index >= 15 is 0 Å². The average Bonchev–Trinajstić information content (AvgIpc) is 2.60. The third kappa shape index (κ3) is 4.65. The van der Waals surface area contributed by atoms with Gasteiger partial charge in [0.1, 0.15) is 6.54 Å². The third-order valence-electron chi connectivity index (χ3n) is 3.95. The molecule has 0 heterocycles. The highest BCUT2D eigenvalue weighted by atomic mass is 32.2. The van der Waals surface area contributed by atoms with Crippen LogP contribution in [0.25, 0.3) is 0 Å². The fourth-order valence-corrected chi connectivity index (χ4v) is 4.24. The standard InChI is InChI=1S/C19H22N2O5S/c1-13-6-5-7-14(2)19(13)21(12-18(23)26-4)27(24,25)17-10-8-16(9-11-17)20-15(3)22/h5-11H,12H2,1-4H3,(H,20,22). The molecule has 7 nitrogen and oxygen atoms in total. The largest absolute Gasteiger partial charge is 0.468 e. The van der Waals surface area contributed by atoms with Crippen LogP contribution < -0.4 is 9.62 Å². The minimum absolute atomic E-state index is 0.00292. The lowest BCUT2D eigenvalue weighted by Crippen LogP contribution is -2.37.